The molecule has 0 saturated carbocycles. The van der Waals surface area contributed by atoms with Gasteiger partial charge in [0.2, 0.25) is 0 Å². The number of hydrogen-bond donors (Lipinski definition) is 1. The minimum Gasteiger partial charge on any atom is -0.315 e. The van der Waals surface area contributed by atoms with Crippen molar-refractivity contribution in [2.24, 2.45) is 5.92 Å². The topological polar surface area (TPSA) is 12.0 Å². The van der Waals surface area contributed by atoms with Crippen molar-refractivity contribution < 1.29 is 0 Å². The molecule has 0 aromatic carbocycles. The van der Waals surface area contributed by atoms with E-state index in [0.29, 0.717) is 0 Å². The van der Waals surface area contributed by atoms with Gasteiger partial charge in [-0.15, -0.1) is 0 Å². The lowest BCUT2D eigenvalue weighted by Crippen LogP contribution is -2.12. The van der Waals surface area contributed by atoms with Gasteiger partial charge in [0.1, 0.15) is 0 Å². The van der Waals surface area contributed by atoms with Gasteiger partial charge in [-0.25, -0.2) is 0 Å². The van der Waals surface area contributed by atoms with Gasteiger partial charge in [0, 0.05) is 7.05 Å². The van der Waals surface area contributed by atoms with Crippen LogP contribution in [0.1, 0.15) is 20.3 Å². The standard InChI is InChI=1S/C6H14N/c1-4-6(2)5-7-3/h6-7H,3-5H2,1-2H3. The van der Waals surface area contributed by atoms with Gasteiger partial charge in [-0.1, -0.05) is 20.3 Å². The molecule has 0 saturated heterocycles. The largest absolute Gasteiger partial charge is 0.315 e. The molecule has 0 aliphatic rings. The predicted molar refractivity (Wildman–Crippen MR) is 32.8 cm³/mol. The van der Waals surface area contributed by atoms with Crippen molar-refractivity contribution in [3.05, 3.63) is 7.05 Å². The van der Waals surface area contributed by atoms with E-state index < -0.39 is 0 Å². The summed E-state index contributed by atoms with van der Waals surface area (Å²) in [5.41, 5.74) is 0. The van der Waals surface area contributed by atoms with Crippen LogP contribution >= 0.6 is 0 Å². The molecule has 0 bridgehead atoms. The molecule has 0 aliphatic heterocycles. The molecule has 0 spiro atoms. The van der Waals surface area contributed by atoms with Gasteiger partial charge >= 0.3 is 0 Å². The molecule has 1 N–H and O–H groups in total. The predicted octanol–water partition coefficient (Wildman–Crippen LogP) is 1.41. The fourth-order valence-corrected chi connectivity index (χ4v) is 0.391. The Balaban J connectivity index is 2.83. The van der Waals surface area contributed by atoms with Crippen LogP contribution in [0.3, 0.4) is 0 Å². The molecule has 0 heterocycles. The second kappa shape index (κ2) is 4.13. The Labute approximate surface area is 46.1 Å². The van der Waals surface area contributed by atoms with Gasteiger partial charge < -0.3 is 5.32 Å². The zero-order valence-electron chi connectivity index (χ0n) is 5.20. The zero-order valence-corrected chi connectivity index (χ0v) is 5.20. The second-order valence-electron chi connectivity index (χ2n) is 1.97. The summed E-state index contributed by atoms with van der Waals surface area (Å²) in [7, 11) is 3.52. The summed E-state index contributed by atoms with van der Waals surface area (Å²) in [6, 6.07) is 0. The van der Waals surface area contributed by atoms with Gasteiger partial charge in [0.15, 0.2) is 0 Å². The first-order chi connectivity index (χ1) is 3.31. The van der Waals surface area contributed by atoms with E-state index in [1.165, 1.54) is 6.42 Å². The van der Waals surface area contributed by atoms with Gasteiger partial charge in [0.25, 0.3) is 0 Å². The van der Waals surface area contributed by atoms with E-state index in [2.05, 4.69) is 26.2 Å². The first-order valence-corrected chi connectivity index (χ1v) is 2.81. The van der Waals surface area contributed by atoms with Crippen LogP contribution in [0.25, 0.3) is 0 Å². The monoisotopic (exact) mass is 100 g/mol. The van der Waals surface area contributed by atoms with Crippen molar-refractivity contribution in [3.8, 4) is 0 Å². The minimum absolute atomic E-state index is 0.775. The normalized spacial score (nSPS) is 14.1. The molecule has 0 aromatic rings. The summed E-state index contributed by atoms with van der Waals surface area (Å²) in [6.07, 6.45) is 1.24. The summed E-state index contributed by atoms with van der Waals surface area (Å²) in [6.45, 7) is 5.43. The van der Waals surface area contributed by atoms with E-state index in [4.69, 9.17) is 0 Å². The van der Waals surface area contributed by atoms with Crippen molar-refractivity contribution in [1.29, 1.82) is 0 Å². The first kappa shape index (κ1) is 6.96. The highest BCUT2D eigenvalue weighted by molar-refractivity contribution is 4.51. The fraction of sp³-hybridized carbons (Fsp3) is 0.833. The molecule has 0 aliphatic carbocycles. The lowest BCUT2D eigenvalue weighted by molar-refractivity contribution is 0.538. The maximum absolute atomic E-state index is 3.52. The molecule has 0 rings (SSSR count). The summed E-state index contributed by atoms with van der Waals surface area (Å²) >= 11 is 0. The van der Waals surface area contributed by atoms with E-state index in [9.17, 15) is 0 Å². The second-order valence-corrected chi connectivity index (χ2v) is 1.97. The SMILES string of the molecule is [CH2]NCC(C)CC. The smallest absolute Gasteiger partial charge is 0.00768 e. The Morgan fingerprint density at radius 3 is 2.43 bits per heavy atom. The Hall–Kier alpha value is -0.0400. The highest BCUT2D eigenvalue weighted by Gasteiger charge is 1.92. The molecule has 0 amide bonds. The Kier molecular flexibility index (Phi) is 4.10. The Morgan fingerprint density at radius 1 is 1.71 bits per heavy atom. The summed E-state index contributed by atoms with van der Waals surface area (Å²) in [5, 5.41) is 2.87. The van der Waals surface area contributed by atoms with Crippen molar-refractivity contribution >= 4 is 0 Å². The molecule has 43 valence electrons. The van der Waals surface area contributed by atoms with Crippen molar-refractivity contribution in [3.63, 3.8) is 0 Å². The quantitative estimate of drug-likeness (QED) is 0.565. The van der Waals surface area contributed by atoms with Crippen LogP contribution in [0.4, 0.5) is 0 Å². The highest BCUT2D eigenvalue weighted by Crippen LogP contribution is 1.95. The maximum Gasteiger partial charge on any atom is 0.00768 e. The van der Waals surface area contributed by atoms with Gasteiger partial charge in [-0.2, -0.15) is 0 Å². The summed E-state index contributed by atoms with van der Waals surface area (Å²) in [5.74, 6) is 0.775. The third kappa shape index (κ3) is 3.80. The molecular formula is C6H14N. The van der Waals surface area contributed by atoms with Crippen LogP contribution in [0.2, 0.25) is 0 Å². The molecule has 0 aromatic heterocycles. The Morgan fingerprint density at radius 2 is 2.29 bits per heavy atom. The first-order valence-electron chi connectivity index (χ1n) is 2.81. The molecular weight excluding hydrogens is 86.1 g/mol. The van der Waals surface area contributed by atoms with E-state index >= 15 is 0 Å². The van der Waals surface area contributed by atoms with E-state index in [1.54, 1.807) is 0 Å². The number of rotatable bonds is 3. The van der Waals surface area contributed by atoms with Crippen LogP contribution in [0.5, 0.6) is 0 Å². The van der Waals surface area contributed by atoms with Crippen LogP contribution in [0.15, 0.2) is 0 Å². The van der Waals surface area contributed by atoms with Gasteiger partial charge in [0.05, 0.1) is 0 Å². The van der Waals surface area contributed by atoms with E-state index in [0.717, 1.165) is 12.5 Å². The van der Waals surface area contributed by atoms with Gasteiger partial charge in [-0.3, -0.25) is 0 Å². The molecule has 1 unspecified atom stereocenters. The molecule has 0 fully saturated rings. The van der Waals surface area contributed by atoms with Crippen LogP contribution < -0.4 is 5.32 Å². The molecule has 1 heteroatoms. The molecule has 7 heavy (non-hydrogen) atoms. The van der Waals surface area contributed by atoms with Crippen molar-refractivity contribution in [2.75, 3.05) is 6.54 Å². The average Bonchev–Trinajstić information content (AvgIpc) is 1.68. The molecule has 1 radical (unpaired) electrons. The van der Waals surface area contributed by atoms with Crippen molar-refractivity contribution in [2.45, 2.75) is 20.3 Å². The fourth-order valence-electron chi connectivity index (χ4n) is 0.391. The van der Waals surface area contributed by atoms with E-state index in [1.807, 2.05) is 0 Å². The highest BCUT2D eigenvalue weighted by atomic mass is 14.8. The minimum atomic E-state index is 0.775. The lowest BCUT2D eigenvalue weighted by Gasteiger charge is -2.03. The summed E-state index contributed by atoms with van der Waals surface area (Å²) in [4.78, 5) is 0. The maximum atomic E-state index is 3.52. The van der Waals surface area contributed by atoms with E-state index in [-0.39, 0.29) is 0 Å². The lowest BCUT2D eigenvalue weighted by atomic mass is 10.1. The third-order valence-electron chi connectivity index (χ3n) is 1.19. The third-order valence-corrected chi connectivity index (χ3v) is 1.19. The zero-order chi connectivity index (χ0) is 5.70. The van der Waals surface area contributed by atoms with Crippen LogP contribution in [-0.4, -0.2) is 6.54 Å². The van der Waals surface area contributed by atoms with Crippen molar-refractivity contribution in [1.82, 2.24) is 5.32 Å². The number of nitrogens with one attached hydrogen (secondary N) is 1. The Bertz CT molecular complexity index is 35.2. The summed E-state index contributed by atoms with van der Waals surface area (Å²) < 4.78 is 0. The van der Waals surface area contributed by atoms with Crippen LogP contribution in [0, 0.1) is 13.0 Å². The van der Waals surface area contributed by atoms with Crippen LogP contribution in [-0.2, 0) is 0 Å². The molecule has 1 nitrogen and oxygen atoms in total. The number of hydrogen-bond acceptors (Lipinski definition) is 1. The molecule has 1 atom stereocenters. The average molecular weight is 100 g/mol. The van der Waals surface area contributed by atoms with Gasteiger partial charge in [-0.05, 0) is 12.5 Å².